The summed E-state index contributed by atoms with van der Waals surface area (Å²) in [6.45, 7) is 0. The van der Waals surface area contributed by atoms with E-state index in [1.165, 1.54) is 70.1 Å². The molecule has 0 saturated heterocycles. The molecule has 13 rings (SSSR count). The molecule has 0 bridgehead atoms. The fourth-order valence-corrected chi connectivity index (χ4v) is 11.3. The molecule has 0 atom stereocenters. The van der Waals surface area contributed by atoms with E-state index in [2.05, 4.69) is 210 Å². The van der Waals surface area contributed by atoms with Crippen molar-refractivity contribution in [2.75, 3.05) is 4.90 Å². The van der Waals surface area contributed by atoms with Gasteiger partial charge in [-0.15, -0.1) is 11.3 Å². The first-order chi connectivity index (χ1) is 28.8. The monoisotopic (exact) mass is 755 g/mol. The zero-order valence-electron chi connectivity index (χ0n) is 31.3. The van der Waals surface area contributed by atoms with Crippen LogP contribution in [0.4, 0.5) is 17.1 Å². The van der Waals surface area contributed by atoms with E-state index in [4.69, 9.17) is 5.10 Å². The van der Waals surface area contributed by atoms with Crippen LogP contribution in [0.3, 0.4) is 0 Å². The van der Waals surface area contributed by atoms with Crippen molar-refractivity contribution in [3.63, 3.8) is 0 Å². The van der Waals surface area contributed by atoms with Crippen LogP contribution in [0.2, 0.25) is 0 Å². The molecule has 3 aromatic heterocycles. The largest absolute Gasteiger partial charge is 0.306 e. The first-order valence-electron chi connectivity index (χ1n) is 19.9. The van der Waals surface area contributed by atoms with Crippen molar-refractivity contribution in [1.82, 2.24) is 9.61 Å². The third-order valence-corrected chi connectivity index (χ3v) is 13.8. The second-order valence-electron chi connectivity index (χ2n) is 15.5. The smallest absolute Gasteiger partial charge is 0.117 e. The van der Waals surface area contributed by atoms with Crippen molar-refractivity contribution in [3.8, 4) is 33.5 Å². The summed E-state index contributed by atoms with van der Waals surface area (Å²) in [5, 5.41) is 10.3. The number of aromatic nitrogens is 2. The normalized spacial score (nSPS) is 13.3. The van der Waals surface area contributed by atoms with E-state index in [0.717, 1.165) is 39.2 Å². The molecule has 2 aliphatic rings. The first-order valence-corrected chi connectivity index (χ1v) is 20.7. The van der Waals surface area contributed by atoms with Gasteiger partial charge in [0.15, 0.2) is 0 Å². The van der Waals surface area contributed by atoms with Gasteiger partial charge < -0.3 is 4.90 Å². The number of thiophene rings is 1. The van der Waals surface area contributed by atoms with Gasteiger partial charge in [-0.05, 0) is 92.4 Å². The Morgan fingerprint density at radius 1 is 0.448 bits per heavy atom. The number of hydrogen-bond donors (Lipinski definition) is 0. The lowest BCUT2D eigenvalue weighted by molar-refractivity contribution is 0.793. The molecule has 3 heterocycles. The van der Waals surface area contributed by atoms with Gasteiger partial charge in [-0.3, -0.25) is 0 Å². The van der Waals surface area contributed by atoms with E-state index in [1.54, 1.807) is 0 Å². The van der Waals surface area contributed by atoms with Crippen LogP contribution in [-0.2, 0) is 5.41 Å². The molecule has 3 nitrogen and oxygen atoms in total. The fraction of sp³-hybridized carbons (Fsp3) is 0.0185. The number of anilines is 3. The second-order valence-corrected chi connectivity index (χ2v) is 16.6. The van der Waals surface area contributed by atoms with E-state index in [9.17, 15) is 0 Å². The summed E-state index contributed by atoms with van der Waals surface area (Å²) in [6, 6.07) is 71.7. The Hall–Kier alpha value is -7.27. The average Bonchev–Trinajstić information content (AvgIpc) is 4.01. The summed E-state index contributed by atoms with van der Waals surface area (Å²) in [5.41, 5.74) is 16.3. The Labute approximate surface area is 339 Å². The number of fused-ring (bicyclic) bond motifs is 15. The highest BCUT2D eigenvalue weighted by Crippen LogP contribution is 2.63. The molecule has 2 aliphatic carbocycles. The zero-order valence-corrected chi connectivity index (χ0v) is 32.1. The molecule has 0 radical (unpaired) electrons. The van der Waals surface area contributed by atoms with Crippen LogP contribution in [0.5, 0.6) is 0 Å². The molecule has 8 aromatic carbocycles. The molecular formula is C54H33N3S. The van der Waals surface area contributed by atoms with Gasteiger partial charge in [-0.25, -0.2) is 4.52 Å². The van der Waals surface area contributed by atoms with Crippen molar-refractivity contribution < 1.29 is 0 Å². The molecule has 0 unspecified atom stereocenters. The summed E-state index contributed by atoms with van der Waals surface area (Å²) in [4.78, 5) is 2.48. The quantitative estimate of drug-likeness (QED) is 0.178. The maximum absolute atomic E-state index is 5.42. The Balaban J connectivity index is 1.15. The number of benzene rings is 8. The van der Waals surface area contributed by atoms with Crippen LogP contribution in [0, 0.1) is 0 Å². The van der Waals surface area contributed by atoms with Crippen LogP contribution in [0.1, 0.15) is 22.3 Å². The van der Waals surface area contributed by atoms with Crippen LogP contribution in [-0.4, -0.2) is 9.61 Å². The highest BCUT2D eigenvalue weighted by Gasteiger charge is 2.51. The van der Waals surface area contributed by atoms with E-state index in [1.807, 2.05) is 11.3 Å². The number of nitrogens with zero attached hydrogens (tertiary/aromatic N) is 3. The summed E-state index contributed by atoms with van der Waals surface area (Å²) in [5.74, 6) is 0. The van der Waals surface area contributed by atoms with Crippen molar-refractivity contribution in [2.45, 2.75) is 5.41 Å². The third-order valence-electron chi connectivity index (χ3n) is 12.6. The molecule has 0 fully saturated rings. The first kappa shape index (κ1) is 31.9. The molecule has 0 saturated carbocycles. The molecule has 58 heavy (non-hydrogen) atoms. The van der Waals surface area contributed by atoms with Crippen molar-refractivity contribution in [3.05, 3.63) is 223 Å². The predicted molar refractivity (Wildman–Crippen MR) is 242 cm³/mol. The minimum absolute atomic E-state index is 0.464. The van der Waals surface area contributed by atoms with Crippen LogP contribution < -0.4 is 4.90 Å². The van der Waals surface area contributed by atoms with Gasteiger partial charge >= 0.3 is 0 Å². The van der Waals surface area contributed by atoms with Gasteiger partial charge in [-0.2, -0.15) is 5.10 Å². The molecule has 0 aliphatic heterocycles. The van der Waals surface area contributed by atoms with E-state index in [0.29, 0.717) is 0 Å². The Kier molecular flexibility index (Phi) is 6.53. The van der Waals surface area contributed by atoms with E-state index >= 15 is 0 Å². The molecule has 4 heteroatoms. The summed E-state index contributed by atoms with van der Waals surface area (Å²) in [7, 11) is 0. The lowest BCUT2D eigenvalue weighted by atomic mass is 9.70. The van der Waals surface area contributed by atoms with Crippen molar-refractivity contribution in [1.29, 1.82) is 0 Å². The minimum Gasteiger partial charge on any atom is -0.306 e. The Bertz CT molecular complexity index is 3420. The lowest BCUT2D eigenvalue weighted by Gasteiger charge is -2.32. The molecule has 0 amide bonds. The fourth-order valence-electron chi connectivity index (χ4n) is 10.2. The van der Waals surface area contributed by atoms with E-state index in [-0.39, 0.29) is 0 Å². The van der Waals surface area contributed by atoms with Crippen LogP contribution >= 0.6 is 11.3 Å². The van der Waals surface area contributed by atoms with Gasteiger partial charge in [-0.1, -0.05) is 152 Å². The SMILES string of the molecule is c1ccc(-c2nn3cc4ccccc4cc3c2N(c2ccc3c(c2)C2(c4ccccc4-c4ccccc42)c2ccccc2-3)c2ccc3sc4ccccc4c3c2)cc1. The van der Waals surface area contributed by atoms with Crippen molar-refractivity contribution >= 4 is 64.9 Å². The highest BCUT2D eigenvalue weighted by molar-refractivity contribution is 7.25. The van der Waals surface area contributed by atoms with Crippen LogP contribution in [0.15, 0.2) is 200 Å². The average molecular weight is 756 g/mol. The van der Waals surface area contributed by atoms with E-state index < -0.39 is 5.41 Å². The minimum atomic E-state index is -0.464. The molecule has 1 spiro atoms. The summed E-state index contributed by atoms with van der Waals surface area (Å²) >= 11 is 1.85. The maximum Gasteiger partial charge on any atom is 0.117 e. The standard InChI is InChI=1S/C54H33N3S/c1-2-14-34(15-3-1)52-53(49-30-35-16-4-5-17-36(35)33-56(49)55-52)57(37-27-29-51-44(31-37)43-21-9-13-25-50(43)58-51)38-26-28-42-41-20-8-12-24-47(41)54(48(42)32-38)45-22-10-6-18-39(45)40-19-7-11-23-46(40)54/h1-33H. The molecule has 0 N–H and O–H groups in total. The maximum atomic E-state index is 5.42. The summed E-state index contributed by atoms with van der Waals surface area (Å²) in [6.07, 6.45) is 2.18. The predicted octanol–water partition coefficient (Wildman–Crippen LogP) is 14.3. The zero-order chi connectivity index (χ0) is 38.0. The van der Waals surface area contributed by atoms with Gasteiger partial charge in [0.25, 0.3) is 0 Å². The second kappa shape index (κ2) is 11.9. The molecule has 11 aromatic rings. The van der Waals surface area contributed by atoms with Gasteiger partial charge in [0, 0.05) is 48.7 Å². The van der Waals surface area contributed by atoms with Gasteiger partial charge in [0.1, 0.15) is 11.4 Å². The lowest BCUT2D eigenvalue weighted by Crippen LogP contribution is -2.26. The van der Waals surface area contributed by atoms with Gasteiger partial charge in [0.05, 0.1) is 10.9 Å². The van der Waals surface area contributed by atoms with Crippen molar-refractivity contribution in [2.24, 2.45) is 0 Å². The number of pyridine rings is 1. The third kappa shape index (κ3) is 4.24. The van der Waals surface area contributed by atoms with Gasteiger partial charge in [0.2, 0.25) is 0 Å². The molecular weight excluding hydrogens is 723 g/mol. The Morgan fingerprint density at radius 2 is 1.02 bits per heavy atom. The van der Waals surface area contributed by atoms with Crippen LogP contribution in [0.25, 0.3) is 70.0 Å². The number of hydrogen-bond acceptors (Lipinski definition) is 3. The summed E-state index contributed by atoms with van der Waals surface area (Å²) < 4.78 is 4.66. The highest BCUT2D eigenvalue weighted by atomic mass is 32.1. The molecule has 270 valence electrons. The number of rotatable bonds is 4. The topological polar surface area (TPSA) is 20.5 Å². The Morgan fingerprint density at radius 3 is 1.76 bits per heavy atom.